The number of ether oxygens (including phenoxy) is 1. The van der Waals surface area contributed by atoms with Crippen molar-refractivity contribution in [2.24, 2.45) is 10.2 Å². The molecule has 0 N–H and O–H groups in total. The molecule has 0 saturated carbocycles. The van der Waals surface area contributed by atoms with Gasteiger partial charge in [0.25, 0.3) is 0 Å². The number of hydrogen-bond donors (Lipinski definition) is 0. The molecular formula is C23H20BrN5O2. The average molecular weight is 478 g/mol. The van der Waals surface area contributed by atoms with Gasteiger partial charge >= 0.3 is 6.09 Å². The molecule has 1 atom stereocenters. The normalized spacial score (nSPS) is 17.6. The van der Waals surface area contributed by atoms with Gasteiger partial charge < -0.3 is 4.74 Å². The van der Waals surface area contributed by atoms with E-state index in [4.69, 9.17) is 4.74 Å². The number of carbonyl (C=O) groups is 1. The second kappa shape index (κ2) is 8.00. The summed E-state index contributed by atoms with van der Waals surface area (Å²) < 4.78 is 6.51. The highest BCUT2D eigenvalue weighted by Crippen LogP contribution is 2.37. The van der Waals surface area contributed by atoms with Crippen LogP contribution in [0.3, 0.4) is 0 Å². The van der Waals surface area contributed by atoms with Crippen molar-refractivity contribution in [3.05, 3.63) is 81.5 Å². The molecule has 7 nitrogen and oxygen atoms in total. The highest BCUT2D eigenvalue weighted by molar-refractivity contribution is 9.10. The molecular weight excluding hydrogens is 458 g/mol. The minimum Gasteiger partial charge on any atom is -0.442 e. The third-order valence-corrected chi connectivity index (χ3v) is 5.10. The van der Waals surface area contributed by atoms with Crippen molar-refractivity contribution >= 4 is 33.9 Å². The van der Waals surface area contributed by atoms with Crippen molar-refractivity contribution in [1.82, 2.24) is 10.0 Å². The van der Waals surface area contributed by atoms with E-state index in [9.17, 15) is 10.1 Å². The second-order valence-electron chi connectivity index (χ2n) is 8.05. The lowest BCUT2D eigenvalue weighted by Crippen LogP contribution is -2.43. The van der Waals surface area contributed by atoms with Gasteiger partial charge in [0.05, 0.1) is 11.9 Å². The summed E-state index contributed by atoms with van der Waals surface area (Å²) in [4.78, 5) is 13.3. The standard InChI is InChI=1S/C23H20BrN5O2/c1-23(2,3)31-22(30)29-21-19-10-5-4-7-16(19)14-26-28(21)18(13-25)12-20(27-29)15-8-6-9-17(24)11-15/h4-12,14,21H,1-3H3. The highest BCUT2D eigenvalue weighted by Gasteiger charge is 2.39. The minimum absolute atomic E-state index is 0.264. The van der Waals surface area contributed by atoms with Gasteiger partial charge in [-0.15, -0.1) is 0 Å². The van der Waals surface area contributed by atoms with E-state index in [0.29, 0.717) is 5.71 Å². The van der Waals surface area contributed by atoms with Crippen molar-refractivity contribution in [1.29, 1.82) is 5.26 Å². The molecule has 2 aliphatic heterocycles. The Morgan fingerprint density at radius 1 is 1.19 bits per heavy atom. The monoisotopic (exact) mass is 477 g/mol. The van der Waals surface area contributed by atoms with Crippen molar-refractivity contribution < 1.29 is 9.53 Å². The zero-order valence-electron chi connectivity index (χ0n) is 17.3. The number of hydrazone groups is 2. The van der Waals surface area contributed by atoms with Gasteiger partial charge in [0.1, 0.15) is 17.4 Å². The fourth-order valence-electron chi connectivity index (χ4n) is 3.33. The molecule has 0 aromatic heterocycles. The second-order valence-corrected chi connectivity index (χ2v) is 8.97. The summed E-state index contributed by atoms with van der Waals surface area (Å²) in [6.07, 6.45) is 1.92. The number of rotatable bonds is 1. The highest BCUT2D eigenvalue weighted by atomic mass is 79.9. The molecule has 2 aromatic rings. The lowest BCUT2D eigenvalue weighted by atomic mass is 10.0. The van der Waals surface area contributed by atoms with Crippen LogP contribution in [-0.2, 0) is 4.74 Å². The van der Waals surface area contributed by atoms with Crippen molar-refractivity contribution in [3.8, 4) is 6.07 Å². The number of fused-ring (bicyclic) bond motifs is 3. The summed E-state index contributed by atoms with van der Waals surface area (Å²) in [6, 6.07) is 17.3. The summed E-state index contributed by atoms with van der Waals surface area (Å²) in [6.45, 7) is 5.39. The largest absolute Gasteiger partial charge is 0.442 e. The van der Waals surface area contributed by atoms with Crippen molar-refractivity contribution in [3.63, 3.8) is 0 Å². The number of benzene rings is 2. The van der Waals surface area contributed by atoms with Crippen LogP contribution in [0.25, 0.3) is 0 Å². The molecule has 4 rings (SSSR count). The first kappa shape index (κ1) is 20.8. The van der Waals surface area contributed by atoms with E-state index in [2.05, 4.69) is 32.2 Å². The van der Waals surface area contributed by atoms with E-state index >= 15 is 0 Å². The minimum atomic E-state index is -0.758. The molecule has 8 heteroatoms. The van der Waals surface area contributed by atoms with Crippen LogP contribution in [0, 0.1) is 11.3 Å². The molecule has 2 heterocycles. The van der Waals surface area contributed by atoms with Gasteiger partial charge in [0, 0.05) is 27.2 Å². The number of amides is 1. The van der Waals surface area contributed by atoms with Gasteiger partial charge in [-0.25, -0.2) is 9.80 Å². The predicted molar refractivity (Wildman–Crippen MR) is 121 cm³/mol. The van der Waals surface area contributed by atoms with E-state index in [1.165, 1.54) is 10.0 Å². The number of nitriles is 1. The molecule has 0 fully saturated rings. The number of carbonyl (C=O) groups excluding carboxylic acids is 1. The topological polar surface area (TPSA) is 81.3 Å². The van der Waals surface area contributed by atoms with E-state index in [0.717, 1.165) is 21.2 Å². The van der Waals surface area contributed by atoms with Crippen molar-refractivity contribution in [2.45, 2.75) is 32.5 Å². The first-order chi connectivity index (χ1) is 14.8. The van der Waals surface area contributed by atoms with Gasteiger partial charge in [0.2, 0.25) is 0 Å². The summed E-state index contributed by atoms with van der Waals surface area (Å²) in [7, 11) is 0. The van der Waals surface area contributed by atoms with Gasteiger partial charge in [-0.05, 0) is 32.9 Å². The van der Waals surface area contributed by atoms with E-state index in [1.807, 2.05) is 48.5 Å². The van der Waals surface area contributed by atoms with Gasteiger partial charge in [-0.3, -0.25) is 0 Å². The van der Waals surface area contributed by atoms with Crippen LogP contribution in [-0.4, -0.2) is 33.6 Å². The Hall–Kier alpha value is -3.44. The van der Waals surface area contributed by atoms with Crippen LogP contribution in [0.5, 0.6) is 0 Å². The summed E-state index contributed by atoms with van der Waals surface area (Å²) in [5, 5.41) is 21.8. The molecule has 0 spiro atoms. The first-order valence-electron chi connectivity index (χ1n) is 9.67. The number of nitrogens with zero attached hydrogens (tertiary/aromatic N) is 5. The average Bonchev–Trinajstić information content (AvgIpc) is 2.90. The van der Waals surface area contributed by atoms with Gasteiger partial charge in [-0.1, -0.05) is 52.3 Å². The maximum absolute atomic E-state index is 13.3. The lowest BCUT2D eigenvalue weighted by Gasteiger charge is -2.36. The number of allylic oxidation sites excluding steroid dienone is 2. The molecule has 31 heavy (non-hydrogen) atoms. The lowest BCUT2D eigenvalue weighted by molar-refractivity contribution is -0.00431. The SMILES string of the molecule is CC(C)(C)OC(=O)N1N=C(c2cccc(Br)c2)C=C(C#N)N2N=Cc3ccccc3C12. The summed E-state index contributed by atoms with van der Waals surface area (Å²) in [5.41, 5.74) is 2.38. The molecule has 0 saturated heterocycles. The molecule has 0 aliphatic carbocycles. The summed E-state index contributed by atoms with van der Waals surface area (Å²) >= 11 is 3.47. The Morgan fingerprint density at radius 2 is 1.97 bits per heavy atom. The Bertz CT molecular complexity index is 1170. The Labute approximate surface area is 189 Å². The van der Waals surface area contributed by atoms with Crippen molar-refractivity contribution in [2.75, 3.05) is 0 Å². The Kier molecular flexibility index (Phi) is 5.38. The zero-order chi connectivity index (χ0) is 22.2. The fraction of sp³-hybridized carbons (Fsp3) is 0.217. The third kappa shape index (κ3) is 4.23. The van der Waals surface area contributed by atoms with Crippen LogP contribution in [0.15, 0.2) is 75.0 Å². The molecule has 2 aromatic carbocycles. The number of halogens is 1. The Balaban J connectivity index is 1.92. The first-order valence-corrected chi connectivity index (χ1v) is 10.5. The fourth-order valence-corrected chi connectivity index (χ4v) is 3.73. The molecule has 2 aliphatic rings. The quantitative estimate of drug-likeness (QED) is 0.567. The molecule has 156 valence electrons. The van der Waals surface area contributed by atoms with Crippen LogP contribution in [0.4, 0.5) is 4.79 Å². The van der Waals surface area contributed by atoms with Crippen LogP contribution in [0.1, 0.15) is 43.6 Å². The molecule has 1 unspecified atom stereocenters. The smallest absolute Gasteiger partial charge is 0.433 e. The summed E-state index contributed by atoms with van der Waals surface area (Å²) in [5.74, 6) is 0. The Morgan fingerprint density at radius 3 is 2.68 bits per heavy atom. The van der Waals surface area contributed by atoms with Crippen LogP contribution in [0.2, 0.25) is 0 Å². The molecule has 0 bridgehead atoms. The van der Waals surface area contributed by atoms with E-state index in [1.54, 1.807) is 33.1 Å². The van der Waals surface area contributed by atoms with E-state index in [-0.39, 0.29) is 5.70 Å². The maximum Gasteiger partial charge on any atom is 0.433 e. The molecule has 0 radical (unpaired) electrons. The predicted octanol–water partition coefficient (Wildman–Crippen LogP) is 5.16. The maximum atomic E-state index is 13.3. The van der Waals surface area contributed by atoms with Crippen LogP contribution < -0.4 is 0 Å². The molecule has 1 amide bonds. The number of hydrogen-bond acceptors (Lipinski definition) is 6. The van der Waals surface area contributed by atoms with E-state index < -0.39 is 17.9 Å². The third-order valence-electron chi connectivity index (χ3n) is 4.61. The van der Waals surface area contributed by atoms with Crippen LogP contribution >= 0.6 is 15.9 Å². The van der Waals surface area contributed by atoms with Gasteiger partial charge in [0.15, 0.2) is 6.17 Å². The zero-order valence-corrected chi connectivity index (χ0v) is 18.9. The van der Waals surface area contributed by atoms with Gasteiger partial charge in [-0.2, -0.15) is 20.5 Å².